The van der Waals surface area contributed by atoms with Crippen LogP contribution >= 0.6 is 22.6 Å². The molecule has 9 heteroatoms. The fourth-order valence-corrected chi connectivity index (χ4v) is 6.03. The van der Waals surface area contributed by atoms with Gasteiger partial charge in [-0.05, 0) is 67.0 Å². The predicted molar refractivity (Wildman–Crippen MR) is 133 cm³/mol. The maximum Gasteiger partial charge on any atom is 0.153 e. The van der Waals surface area contributed by atoms with E-state index in [2.05, 4.69) is 51.6 Å². The molecule has 4 heterocycles. The van der Waals surface area contributed by atoms with E-state index in [0.29, 0.717) is 5.69 Å². The van der Waals surface area contributed by atoms with Crippen molar-refractivity contribution in [1.29, 1.82) is 0 Å². The zero-order valence-electron chi connectivity index (χ0n) is 18.7. The van der Waals surface area contributed by atoms with Crippen LogP contribution in [0.25, 0.3) is 22.2 Å². The molecule has 2 fully saturated rings. The second-order valence-electron chi connectivity index (χ2n) is 9.12. The number of ether oxygens (including phenoxy) is 1. The van der Waals surface area contributed by atoms with Gasteiger partial charge < -0.3 is 20.5 Å². The Morgan fingerprint density at radius 2 is 2.00 bits per heavy atom. The average molecular weight is 548 g/mol. The maximum atomic E-state index is 10.2. The summed E-state index contributed by atoms with van der Waals surface area (Å²) in [7, 11) is 1.94. The van der Waals surface area contributed by atoms with Gasteiger partial charge in [-0.15, -0.1) is 0 Å². The van der Waals surface area contributed by atoms with E-state index in [9.17, 15) is 5.11 Å². The first-order valence-electron chi connectivity index (χ1n) is 11.0. The lowest BCUT2D eigenvalue weighted by Gasteiger charge is -2.41. The number of nitrogens with zero attached hydrogens (tertiary/aromatic N) is 5. The molecule has 0 radical (unpaired) electrons. The lowest BCUT2D eigenvalue weighted by molar-refractivity contribution is 0.127. The number of piperidine rings is 1. The number of aromatic nitrogens is 4. The number of aliphatic hydroxyl groups is 1. The Bertz CT molecular complexity index is 1170. The molecule has 2 aliphatic heterocycles. The average Bonchev–Trinajstić information content (AvgIpc) is 3.28. The van der Waals surface area contributed by atoms with E-state index in [0.717, 1.165) is 71.8 Å². The summed E-state index contributed by atoms with van der Waals surface area (Å²) in [6, 6.07) is 4.30. The summed E-state index contributed by atoms with van der Waals surface area (Å²) in [5, 5.41) is 15.6. The van der Waals surface area contributed by atoms with E-state index in [1.165, 1.54) is 0 Å². The second-order valence-corrected chi connectivity index (χ2v) is 10.3. The molecule has 0 amide bonds. The third-order valence-electron chi connectivity index (χ3n) is 7.20. The highest BCUT2D eigenvalue weighted by atomic mass is 127. The summed E-state index contributed by atoms with van der Waals surface area (Å²) < 4.78 is 7.78. The molecular weight excluding hydrogens is 519 g/mol. The number of benzene rings is 1. The van der Waals surface area contributed by atoms with Gasteiger partial charge in [-0.1, -0.05) is 0 Å². The summed E-state index contributed by atoms with van der Waals surface area (Å²) in [5.41, 5.74) is 12.0. The highest BCUT2D eigenvalue weighted by Crippen LogP contribution is 2.44. The minimum atomic E-state index is -0.150. The van der Waals surface area contributed by atoms with Gasteiger partial charge in [-0.25, -0.2) is 9.97 Å². The van der Waals surface area contributed by atoms with E-state index in [4.69, 9.17) is 20.4 Å². The molecule has 32 heavy (non-hydrogen) atoms. The number of fused-ring (bicyclic) bond motifs is 1. The monoisotopic (exact) mass is 548 g/mol. The number of rotatable bonds is 3. The summed E-state index contributed by atoms with van der Waals surface area (Å²) in [5.74, 6) is 0.779. The van der Waals surface area contributed by atoms with Crippen LogP contribution in [0.4, 0.5) is 5.82 Å². The Balaban J connectivity index is 1.47. The van der Waals surface area contributed by atoms with E-state index >= 15 is 0 Å². The summed E-state index contributed by atoms with van der Waals surface area (Å²) in [6.07, 6.45) is 3.78. The van der Waals surface area contributed by atoms with Crippen molar-refractivity contribution in [2.45, 2.75) is 43.4 Å². The topological polar surface area (TPSA) is 102 Å². The SMILES string of the molecule is Cc1cc2cnn(C)c2cc1-c1nc(CO)c(N2CCC3(CC2)CO[C@@H](I)[C@H]3N)nc1C. The number of hydrogen-bond acceptors (Lipinski definition) is 7. The molecule has 3 N–H and O–H groups in total. The summed E-state index contributed by atoms with van der Waals surface area (Å²) in [4.78, 5) is 12.1. The lowest BCUT2D eigenvalue weighted by Crippen LogP contribution is -2.50. The minimum absolute atomic E-state index is 0.0414. The van der Waals surface area contributed by atoms with Crippen molar-refractivity contribution < 1.29 is 9.84 Å². The highest BCUT2D eigenvalue weighted by Gasteiger charge is 2.48. The fraction of sp³-hybridized carbons (Fsp3) is 0.522. The Morgan fingerprint density at radius 1 is 1.25 bits per heavy atom. The molecule has 170 valence electrons. The van der Waals surface area contributed by atoms with Gasteiger partial charge in [0.1, 0.15) is 9.80 Å². The molecule has 2 aliphatic rings. The first-order valence-corrected chi connectivity index (χ1v) is 12.2. The van der Waals surface area contributed by atoms with Crippen LogP contribution in [0.5, 0.6) is 0 Å². The first kappa shape index (κ1) is 22.0. The van der Waals surface area contributed by atoms with E-state index in [-0.39, 0.29) is 22.2 Å². The van der Waals surface area contributed by atoms with Crippen molar-refractivity contribution in [3.05, 3.63) is 35.3 Å². The van der Waals surface area contributed by atoms with Gasteiger partial charge >= 0.3 is 0 Å². The number of hydrogen-bond donors (Lipinski definition) is 2. The van der Waals surface area contributed by atoms with Crippen molar-refractivity contribution >= 4 is 39.3 Å². The Hall–Kier alpha value is -1.82. The summed E-state index contributed by atoms with van der Waals surface area (Å²) in [6.45, 7) is 6.31. The molecule has 3 aromatic rings. The molecule has 2 saturated heterocycles. The molecule has 0 unspecified atom stereocenters. The zero-order valence-corrected chi connectivity index (χ0v) is 20.8. The maximum absolute atomic E-state index is 10.2. The van der Waals surface area contributed by atoms with Crippen molar-refractivity contribution in [2.75, 3.05) is 24.6 Å². The van der Waals surface area contributed by atoms with Crippen LogP contribution in [-0.4, -0.2) is 54.7 Å². The van der Waals surface area contributed by atoms with Crippen LogP contribution in [0, 0.1) is 19.3 Å². The molecule has 0 bridgehead atoms. The largest absolute Gasteiger partial charge is 0.390 e. The smallest absolute Gasteiger partial charge is 0.153 e. The van der Waals surface area contributed by atoms with Crippen LogP contribution in [0.15, 0.2) is 18.3 Å². The van der Waals surface area contributed by atoms with Gasteiger partial charge in [0.15, 0.2) is 5.82 Å². The van der Waals surface area contributed by atoms with Crippen molar-refractivity contribution in [3.8, 4) is 11.3 Å². The van der Waals surface area contributed by atoms with Crippen LogP contribution in [0.1, 0.15) is 29.8 Å². The first-order chi connectivity index (χ1) is 15.3. The van der Waals surface area contributed by atoms with Crippen LogP contribution < -0.4 is 10.6 Å². The van der Waals surface area contributed by atoms with E-state index in [1.54, 1.807) is 0 Å². The normalized spacial score (nSPS) is 22.9. The van der Waals surface area contributed by atoms with E-state index in [1.807, 2.05) is 24.9 Å². The predicted octanol–water partition coefficient (Wildman–Crippen LogP) is 2.84. The third-order valence-corrected chi connectivity index (χ3v) is 8.33. The van der Waals surface area contributed by atoms with Crippen LogP contribution in [0.3, 0.4) is 0 Å². The number of anilines is 1. The van der Waals surface area contributed by atoms with Gasteiger partial charge in [-0.2, -0.15) is 5.10 Å². The second kappa shape index (κ2) is 8.19. The van der Waals surface area contributed by atoms with Gasteiger partial charge in [0.2, 0.25) is 0 Å². The number of alkyl halides is 1. The molecule has 2 aromatic heterocycles. The van der Waals surface area contributed by atoms with Crippen molar-refractivity contribution in [3.63, 3.8) is 0 Å². The van der Waals surface area contributed by atoms with Crippen molar-refractivity contribution in [1.82, 2.24) is 19.7 Å². The number of aliphatic hydroxyl groups excluding tert-OH is 1. The minimum Gasteiger partial charge on any atom is -0.390 e. The molecule has 1 spiro atoms. The molecule has 1 aromatic carbocycles. The third kappa shape index (κ3) is 3.49. The molecule has 5 rings (SSSR count). The Morgan fingerprint density at radius 3 is 2.66 bits per heavy atom. The highest BCUT2D eigenvalue weighted by molar-refractivity contribution is 14.1. The standard InChI is InChI=1S/C23H29IN6O2/c1-13-8-15-10-26-29(3)18(15)9-16(13)19-14(2)27-22(17(11-31)28-19)30-6-4-23(5-7-30)12-32-21(24)20(23)25/h8-10,20-21,31H,4-7,11-12,25H2,1-3H3/t20-,21-/m1/s1. The molecule has 0 saturated carbocycles. The van der Waals surface area contributed by atoms with Crippen LogP contribution in [-0.2, 0) is 18.4 Å². The van der Waals surface area contributed by atoms with Crippen molar-refractivity contribution in [2.24, 2.45) is 18.2 Å². The fourth-order valence-electron chi connectivity index (χ4n) is 5.09. The number of halogens is 1. The molecule has 8 nitrogen and oxygen atoms in total. The lowest BCUT2D eigenvalue weighted by atomic mass is 9.75. The molecule has 0 aliphatic carbocycles. The number of nitrogens with two attached hydrogens (primary N) is 1. The quantitative estimate of drug-likeness (QED) is 0.384. The van der Waals surface area contributed by atoms with E-state index < -0.39 is 0 Å². The van der Waals surface area contributed by atoms with Gasteiger partial charge in [0, 0.05) is 42.5 Å². The van der Waals surface area contributed by atoms with Gasteiger partial charge in [0.05, 0.1) is 36.3 Å². The van der Waals surface area contributed by atoms with Gasteiger partial charge in [-0.3, -0.25) is 4.68 Å². The number of aryl methyl sites for hydroxylation is 3. The van der Waals surface area contributed by atoms with Gasteiger partial charge in [0.25, 0.3) is 0 Å². The Labute approximate surface area is 201 Å². The Kier molecular flexibility index (Phi) is 5.63. The zero-order chi connectivity index (χ0) is 22.6. The van der Waals surface area contributed by atoms with Crippen LogP contribution in [0.2, 0.25) is 0 Å². The molecular formula is C23H29IN6O2. The molecule has 2 atom stereocenters. The summed E-state index contributed by atoms with van der Waals surface area (Å²) >= 11 is 2.30.